The number of hydrogen-bond donors (Lipinski definition) is 2. The Morgan fingerprint density at radius 3 is 2.85 bits per heavy atom. The summed E-state index contributed by atoms with van der Waals surface area (Å²) in [5, 5.41) is 20.3. The minimum Gasteiger partial charge on any atom is -0.390 e. The van der Waals surface area contributed by atoms with Gasteiger partial charge in [0, 0.05) is 0 Å². The van der Waals surface area contributed by atoms with Gasteiger partial charge in [0.05, 0.1) is 30.1 Å². The van der Waals surface area contributed by atoms with Crippen LogP contribution in [0.3, 0.4) is 0 Å². The highest BCUT2D eigenvalue weighted by Crippen LogP contribution is 2.09. The summed E-state index contributed by atoms with van der Waals surface area (Å²) in [5.41, 5.74) is 0.391. The summed E-state index contributed by atoms with van der Waals surface area (Å²) in [4.78, 5) is 19.5. The topological polar surface area (TPSA) is 98.9 Å². The van der Waals surface area contributed by atoms with Gasteiger partial charge in [0.15, 0.2) is 0 Å². The molecule has 0 unspecified atom stereocenters. The van der Waals surface area contributed by atoms with Crippen molar-refractivity contribution in [3.05, 3.63) is 53.2 Å². The molecule has 0 bridgehead atoms. The molecule has 0 aromatic carbocycles. The normalized spacial score (nSPS) is 9.85. The number of nitrogens with zero attached hydrogens (tertiary/aromatic N) is 3. The first-order chi connectivity index (χ1) is 9.62. The molecule has 2 aromatic heterocycles. The Morgan fingerprint density at radius 2 is 2.25 bits per heavy atom. The first-order valence-corrected chi connectivity index (χ1v) is 5.57. The van der Waals surface area contributed by atoms with Crippen molar-refractivity contribution in [2.75, 3.05) is 5.32 Å². The second-order valence-electron chi connectivity index (χ2n) is 3.82. The van der Waals surface area contributed by atoms with Crippen LogP contribution in [-0.4, -0.2) is 21.0 Å². The third-order valence-electron chi connectivity index (χ3n) is 2.37. The van der Waals surface area contributed by atoms with Crippen molar-refractivity contribution in [3.63, 3.8) is 0 Å². The molecular weight excluding hydrogens is 263 g/mol. The van der Waals surface area contributed by atoms with E-state index >= 15 is 0 Å². The Kier molecular flexibility index (Phi) is 3.98. The van der Waals surface area contributed by atoms with Gasteiger partial charge in [0.2, 0.25) is 0 Å². The standard InChI is InChI=1S/C13H9FN4O2/c14-9-1-2-12(16-6-9)18-13(20)11-4-8(5-15)3-10(7-19)17-11/h1-4,6,19H,7H2,(H,16,18,20). The summed E-state index contributed by atoms with van der Waals surface area (Å²) in [6, 6.07) is 7.00. The molecule has 7 heteroatoms. The second kappa shape index (κ2) is 5.86. The zero-order chi connectivity index (χ0) is 14.5. The number of carbonyl (C=O) groups excluding carboxylic acids is 1. The van der Waals surface area contributed by atoms with Crippen molar-refractivity contribution >= 4 is 11.7 Å². The number of aromatic nitrogens is 2. The highest BCUT2D eigenvalue weighted by molar-refractivity contribution is 6.02. The van der Waals surface area contributed by atoms with E-state index in [4.69, 9.17) is 10.4 Å². The van der Waals surface area contributed by atoms with Crippen molar-refractivity contribution in [2.24, 2.45) is 0 Å². The molecule has 0 aliphatic carbocycles. The summed E-state index contributed by atoms with van der Waals surface area (Å²) in [7, 11) is 0. The lowest BCUT2D eigenvalue weighted by Gasteiger charge is -2.05. The molecule has 20 heavy (non-hydrogen) atoms. The van der Waals surface area contributed by atoms with Gasteiger partial charge in [-0.05, 0) is 24.3 Å². The number of anilines is 1. The monoisotopic (exact) mass is 272 g/mol. The summed E-state index contributed by atoms with van der Waals surface area (Å²) in [6.45, 7) is -0.384. The largest absolute Gasteiger partial charge is 0.390 e. The van der Waals surface area contributed by atoms with Gasteiger partial charge < -0.3 is 10.4 Å². The van der Waals surface area contributed by atoms with E-state index in [-0.39, 0.29) is 29.4 Å². The van der Waals surface area contributed by atoms with Crippen LogP contribution in [0.25, 0.3) is 0 Å². The molecule has 0 fully saturated rings. The predicted octanol–water partition coefficient (Wildman–Crippen LogP) is 1.23. The Morgan fingerprint density at radius 1 is 1.45 bits per heavy atom. The number of nitrogens with one attached hydrogen (secondary N) is 1. The zero-order valence-corrected chi connectivity index (χ0v) is 10.2. The number of halogens is 1. The van der Waals surface area contributed by atoms with Crippen LogP contribution in [0.4, 0.5) is 10.2 Å². The fourth-order valence-electron chi connectivity index (χ4n) is 1.48. The van der Waals surface area contributed by atoms with E-state index in [1.54, 1.807) is 0 Å². The van der Waals surface area contributed by atoms with E-state index in [0.717, 1.165) is 12.3 Å². The van der Waals surface area contributed by atoms with Crippen LogP contribution in [0.15, 0.2) is 30.5 Å². The Balaban J connectivity index is 2.25. The maximum Gasteiger partial charge on any atom is 0.275 e. The smallest absolute Gasteiger partial charge is 0.275 e. The van der Waals surface area contributed by atoms with Gasteiger partial charge in [-0.25, -0.2) is 14.4 Å². The van der Waals surface area contributed by atoms with Crippen LogP contribution in [0.2, 0.25) is 0 Å². The van der Waals surface area contributed by atoms with Crippen LogP contribution < -0.4 is 5.32 Å². The number of nitriles is 1. The quantitative estimate of drug-likeness (QED) is 0.875. The van der Waals surface area contributed by atoms with E-state index in [9.17, 15) is 9.18 Å². The lowest BCUT2D eigenvalue weighted by Crippen LogP contribution is -2.15. The molecule has 6 nitrogen and oxygen atoms in total. The van der Waals surface area contributed by atoms with Gasteiger partial charge >= 0.3 is 0 Å². The zero-order valence-electron chi connectivity index (χ0n) is 10.2. The molecule has 0 saturated carbocycles. The molecule has 1 amide bonds. The molecule has 2 heterocycles. The molecule has 100 valence electrons. The lowest BCUT2D eigenvalue weighted by atomic mass is 10.2. The molecule has 0 radical (unpaired) electrons. The third-order valence-corrected chi connectivity index (χ3v) is 2.37. The predicted molar refractivity (Wildman–Crippen MR) is 67.0 cm³/mol. The molecule has 2 rings (SSSR count). The Labute approximate surface area is 113 Å². The Bertz CT molecular complexity index is 680. The molecular formula is C13H9FN4O2. The molecule has 0 aliphatic heterocycles. The minimum absolute atomic E-state index is 0.0285. The summed E-state index contributed by atoms with van der Waals surface area (Å²) in [5.74, 6) is -0.961. The number of pyridine rings is 2. The van der Waals surface area contributed by atoms with Crippen LogP contribution >= 0.6 is 0 Å². The average Bonchev–Trinajstić information content (AvgIpc) is 2.48. The number of aliphatic hydroxyl groups is 1. The van der Waals surface area contributed by atoms with E-state index in [1.807, 2.05) is 6.07 Å². The fraction of sp³-hybridized carbons (Fsp3) is 0.0769. The van der Waals surface area contributed by atoms with Crippen LogP contribution in [0.5, 0.6) is 0 Å². The van der Waals surface area contributed by atoms with E-state index in [0.29, 0.717) is 0 Å². The first-order valence-electron chi connectivity index (χ1n) is 5.57. The molecule has 0 atom stereocenters. The van der Waals surface area contributed by atoms with Gasteiger partial charge in [0.1, 0.15) is 17.3 Å². The molecule has 2 aromatic rings. The third kappa shape index (κ3) is 3.13. The van der Waals surface area contributed by atoms with E-state index in [1.165, 1.54) is 18.2 Å². The molecule has 2 N–H and O–H groups in total. The van der Waals surface area contributed by atoms with E-state index in [2.05, 4.69) is 15.3 Å². The van der Waals surface area contributed by atoms with E-state index < -0.39 is 11.7 Å². The number of amides is 1. The van der Waals surface area contributed by atoms with Gasteiger partial charge in [-0.2, -0.15) is 5.26 Å². The highest BCUT2D eigenvalue weighted by atomic mass is 19.1. The average molecular weight is 272 g/mol. The van der Waals surface area contributed by atoms with Gasteiger partial charge in [0.25, 0.3) is 5.91 Å². The highest BCUT2D eigenvalue weighted by Gasteiger charge is 2.11. The van der Waals surface area contributed by atoms with Crippen molar-refractivity contribution in [1.29, 1.82) is 5.26 Å². The van der Waals surface area contributed by atoms with Crippen LogP contribution in [0.1, 0.15) is 21.7 Å². The van der Waals surface area contributed by atoms with Gasteiger partial charge in [-0.1, -0.05) is 0 Å². The van der Waals surface area contributed by atoms with Crippen molar-refractivity contribution in [3.8, 4) is 6.07 Å². The fourth-order valence-corrected chi connectivity index (χ4v) is 1.48. The SMILES string of the molecule is N#Cc1cc(CO)nc(C(=O)Nc2ccc(F)cn2)c1. The van der Waals surface area contributed by atoms with Gasteiger partial charge in [-0.3, -0.25) is 4.79 Å². The minimum atomic E-state index is -0.601. The van der Waals surface area contributed by atoms with Crippen LogP contribution in [-0.2, 0) is 6.61 Å². The second-order valence-corrected chi connectivity index (χ2v) is 3.82. The number of aliphatic hydroxyl groups excluding tert-OH is 1. The summed E-state index contributed by atoms with van der Waals surface area (Å²) < 4.78 is 12.7. The maximum atomic E-state index is 12.7. The van der Waals surface area contributed by atoms with Gasteiger partial charge in [-0.15, -0.1) is 0 Å². The number of hydrogen-bond acceptors (Lipinski definition) is 5. The summed E-state index contributed by atoms with van der Waals surface area (Å²) in [6.07, 6.45) is 0.966. The lowest BCUT2D eigenvalue weighted by molar-refractivity contribution is 0.102. The van der Waals surface area contributed by atoms with Crippen molar-refractivity contribution in [1.82, 2.24) is 9.97 Å². The first kappa shape index (κ1) is 13.6. The van der Waals surface area contributed by atoms with Crippen molar-refractivity contribution in [2.45, 2.75) is 6.61 Å². The van der Waals surface area contributed by atoms with Crippen molar-refractivity contribution < 1.29 is 14.3 Å². The molecule has 0 aliphatic rings. The van der Waals surface area contributed by atoms with Crippen LogP contribution in [0, 0.1) is 17.1 Å². The Hall–Kier alpha value is -2.85. The molecule has 0 spiro atoms. The number of carbonyl (C=O) groups is 1. The summed E-state index contributed by atoms with van der Waals surface area (Å²) >= 11 is 0. The molecule has 0 saturated heterocycles. The maximum absolute atomic E-state index is 12.7. The number of rotatable bonds is 3.